The van der Waals surface area contributed by atoms with E-state index in [2.05, 4.69) is 16.6 Å². The first-order valence-corrected chi connectivity index (χ1v) is 4.92. The lowest BCUT2D eigenvalue weighted by Crippen LogP contribution is -2.02. The minimum Gasteiger partial charge on any atom is -0.258 e. The zero-order valence-corrected chi connectivity index (χ0v) is 7.47. The summed E-state index contributed by atoms with van der Waals surface area (Å²) in [4.78, 5) is 4.11. The fourth-order valence-electron chi connectivity index (χ4n) is 0.476. The van der Waals surface area contributed by atoms with Crippen molar-refractivity contribution in [3.05, 3.63) is 11.6 Å². The van der Waals surface area contributed by atoms with Gasteiger partial charge < -0.3 is 0 Å². The predicted molar refractivity (Wildman–Crippen MR) is 46.3 cm³/mol. The van der Waals surface area contributed by atoms with Gasteiger partial charge in [-0.15, -0.1) is 11.3 Å². The van der Waals surface area contributed by atoms with Crippen molar-refractivity contribution in [2.75, 3.05) is 6.54 Å². The fraction of sp³-hybridized carbons (Fsp3) is 0.500. The molecule has 0 amide bonds. The van der Waals surface area contributed by atoms with Crippen molar-refractivity contribution < 1.29 is 0 Å². The Balaban J connectivity index is 2.15. The van der Waals surface area contributed by atoms with E-state index in [4.69, 9.17) is 0 Å². The van der Waals surface area contributed by atoms with E-state index in [1.807, 2.05) is 11.6 Å². The molecule has 0 aliphatic rings. The van der Waals surface area contributed by atoms with Crippen molar-refractivity contribution in [3.63, 3.8) is 0 Å². The summed E-state index contributed by atoms with van der Waals surface area (Å²) in [5.74, 6) is 0. The van der Waals surface area contributed by atoms with Crippen molar-refractivity contribution in [1.82, 2.24) is 9.71 Å². The molecule has 2 nitrogen and oxygen atoms in total. The molecule has 1 aromatic heterocycles. The summed E-state index contributed by atoms with van der Waals surface area (Å²) < 4.78 is 4.29. The van der Waals surface area contributed by atoms with Crippen LogP contribution in [0.1, 0.15) is 13.3 Å². The average molecular weight is 174 g/mol. The monoisotopic (exact) mass is 174 g/mol. The quantitative estimate of drug-likeness (QED) is 0.559. The van der Waals surface area contributed by atoms with Crippen LogP contribution in [0, 0.1) is 0 Å². The van der Waals surface area contributed by atoms with Crippen LogP contribution in [0.5, 0.6) is 0 Å². The molecule has 0 atom stereocenters. The molecule has 10 heavy (non-hydrogen) atoms. The van der Waals surface area contributed by atoms with E-state index in [9.17, 15) is 0 Å². The highest BCUT2D eigenvalue weighted by atomic mass is 32.2. The van der Waals surface area contributed by atoms with E-state index in [0.29, 0.717) is 0 Å². The summed E-state index contributed by atoms with van der Waals surface area (Å²) in [6, 6.07) is 0. The normalized spacial score (nSPS) is 10.1. The van der Waals surface area contributed by atoms with E-state index >= 15 is 0 Å². The zero-order valence-electron chi connectivity index (χ0n) is 5.83. The molecule has 0 bridgehead atoms. The molecular weight excluding hydrogens is 164 g/mol. The van der Waals surface area contributed by atoms with Crippen LogP contribution in [0.4, 0.5) is 0 Å². The number of thiazole rings is 1. The van der Waals surface area contributed by atoms with E-state index in [-0.39, 0.29) is 0 Å². The Morgan fingerprint density at radius 3 is 3.30 bits per heavy atom. The maximum absolute atomic E-state index is 4.11. The molecule has 0 aromatic carbocycles. The van der Waals surface area contributed by atoms with Crippen molar-refractivity contribution in [1.29, 1.82) is 0 Å². The standard InChI is InChI=1S/C6H10N2S2/c1-2-3-8-10-6-7-4-5-9-6/h4-5,8H,2-3H2,1H3. The van der Waals surface area contributed by atoms with Gasteiger partial charge in [0.25, 0.3) is 0 Å². The Hall–Kier alpha value is -0.0600. The Morgan fingerprint density at radius 2 is 2.70 bits per heavy atom. The molecule has 0 fully saturated rings. The number of hydrogen-bond acceptors (Lipinski definition) is 4. The molecule has 1 rings (SSSR count). The van der Waals surface area contributed by atoms with Crippen LogP contribution < -0.4 is 4.72 Å². The minimum atomic E-state index is 1.05. The van der Waals surface area contributed by atoms with E-state index in [1.54, 1.807) is 23.3 Å². The van der Waals surface area contributed by atoms with Gasteiger partial charge in [-0.05, 0) is 18.4 Å². The van der Waals surface area contributed by atoms with Gasteiger partial charge in [0.1, 0.15) is 0 Å². The van der Waals surface area contributed by atoms with Crippen LogP contribution in [-0.4, -0.2) is 11.5 Å². The first kappa shape index (κ1) is 8.04. The highest BCUT2D eigenvalue weighted by Crippen LogP contribution is 2.16. The molecule has 0 aliphatic heterocycles. The van der Waals surface area contributed by atoms with Crippen LogP contribution in [-0.2, 0) is 0 Å². The molecule has 0 saturated heterocycles. The van der Waals surface area contributed by atoms with Gasteiger partial charge in [0, 0.05) is 18.1 Å². The van der Waals surface area contributed by atoms with E-state index < -0.39 is 0 Å². The smallest absolute Gasteiger partial charge is 0.164 e. The largest absolute Gasteiger partial charge is 0.258 e. The Bertz CT molecular complexity index is 162. The molecule has 1 heterocycles. The molecule has 1 N–H and O–H groups in total. The maximum Gasteiger partial charge on any atom is 0.164 e. The molecule has 0 aliphatic carbocycles. The van der Waals surface area contributed by atoms with Crippen LogP contribution in [0.25, 0.3) is 0 Å². The lowest BCUT2D eigenvalue weighted by atomic mass is 10.5. The summed E-state index contributed by atoms with van der Waals surface area (Å²) in [6.07, 6.45) is 2.99. The fourth-order valence-corrected chi connectivity index (χ4v) is 1.91. The first-order chi connectivity index (χ1) is 4.93. The Morgan fingerprint density at radius 1 is 1.80 bits per heavy atom. The SMILES string of the molecule is CCCNSc1nccs1. The lowest BCUT2D eigenvalue weighted by molar-refractivity contribution is 0.876. The van der Waals surface area contributed by atoms with Crippen LogP contribution in [0.15, 0.2) is 15.9 Å². The molecule has 1 aromatic rings. The third kappa shape index (κ3) is 2.68. The molecule has 0 saturated carbocycles. The van der Waals surface area contributed by atoms with Gasteiger partial charge in [0.05, 0.1) is 0 Å². The Kier molecular flexibility index (Phi) is 3.79. The van der Waals surface area contributed by atoms with E-state index in [1.165, 1.54) is 6.42 Å². The highest BCUT2D eigenvalue weighted by molar-refractivity contribution is 7.99. The topological polar surface area (TPSA) is 24.9 Å². The first-order valence-electron chi connectivity index (χ1n) is 3.22. The van der Waals surface area contributed by atoms with Gasteiger partial charge in [0.15, 0.2) is 4.34 Å². The molecule has 4 heteroatoms. The van der Waals surface area contributed by atoms with Crippen molar-refractivity contribution in [3.8, 4) is 0 Å². The van der Waals surface area contributed by atoms with Crippen molar-refractivity contribution in [2.24, 2.45) is 0 Å². The van der Waals surface area contributed by atoms with Crippen LogP contribution in [0.2, 0.25) is 0 Å². The molecule has 0 unspecified atom stereocenters. The number of rotatable bonds is 4. The van der Waals surface area contributed by atoms with Gasteiger partial charge in [-0.3, -0.25) is 4.72 Å². The summed E-state index contributed by atoms with van der Waals surface area (Å²) >= 11 is 3.27. The predicted octanol–water partition coefficient (Wildman–Crippen LogP) is 2.15. The lowest BCUT2D eigenvalue weighted by Gasteiger charge is -1.95. The summed E-state index contributed by atoms with van der Waals surface area (Å²) in [5, 5.41) is 1.98. The second kappa shape index (κ2) is 4.71. The molecular formula is C6H10N2S2. The third-order valence-electron chi connectivity index (χ3n) is 0.921. The van der Waals surface area contributed by atoms with E-state index in [0.717, 1.165) is 10.9 Å². The van der Waals surface area contributed by atoms with Gasteiger partial charge in [0.2, 0.25) is 0 Å². The molecule has 0 radical (unpaired) electrons. The molecule has 0 spiro atoms. The maximum atomic E-state index is 4.11. The van der Waals surface area contributed by atoms with Gasteiger partial charge in [-0.25, -0.2) is 4.98 Å². The highest BCUT2D eigenvalue weighted by Gasteiger charge is 1.92. The Labute approximate surface area is 69.2 Å². The van der Waals surface area contributed by atoms with Gasteiger partial charge >= 0.3 is 0 Å². The van der Waals surface area contributed by atoms with Gasteiger partial charge in [-0.1, -0.05) is 6.92 Å². The third-order valence-corrected chi connectivity index (χ3v) is 2.65. The summed E-state index contributed by atoms with van der Waals surface area (Å²) in [6.45, 7) is 3.19. The van der Waals surface area contributed by atoms with Gasteiger partial charge in [-0.2, -0.15) is 0 Å². The summed E-state index contributed by atoms with van der Waals surface area (Å²) in [5.41, 5.74) is 0. The zero-order chi connectivity index (χ0) is 7.23. The van der Waals surface area contributed by atoms with Crippen molar-refractivity contribution in [2.45, 2.75) is 17.7 Å². The van der Waals surface area contributed by atoms with Crippen LogP contribution in [0.3, 0.4) is 0 Å². The average Bonchev–Trinajstić information content (AvgIpc) is 2.41. The number of hydrogen-bond donors (Lipinski definition) is 1. The van der Waals surface area contributed by atoms with Crippen LogP contribution >= 0.6 is 23.3 Å². The second-order valence-corrected chi connectivity index (χ2v) is 3.83. The second-order valence-electron chi connectivity index (χ2n) is 1.79. The number of nitrogens with one attached hydrogen (secondary N) is 1. The molecule has 56 valence electrons. The minimum absolute atomic E-state index is 1.05. The number of nitrogens with zero attached hydrogens (tertiary/aromatic N) is 1. The number of aromatic nitrogens is 1. The van der Waals surface area contributed by atoms with Crippen molar-refractivity contribution >= 4 is 23.3 Å². The summed E-state index contributed by atoms with van der Waals surface area (Å²) in [7, 11) is 0.